The van der Waals surface area contributed by atoms with Gasteiger partial charge in [-0.15, -0.1) is 0 Å². The first kappa shape index (κ1) is 14.3. The molecular weight excluding hydrogens is 220 g/mol. The molecule has 0 radical (unpaired) electrons. The van der Waals surface area contributed by atoms with Gasteiger partial charge in [-0.2, -0.15) is 0 Å². The van der Waals surface area contributed by atoms with Crippen molar-refractivity contribution in [1.82, 2.24) is 10.2 Å². The van der Waals surface area contributed by atoms with Crippen molar-refractivity contribution in [3.63, 3.8) is 0 Å². The Balaban J connectivity index is 2.19. The highest BCUT2D eigenvalue weighted by Crippen LogP contribution is 2.49. The van der Waals surface area contributed by atoms with Crippen LogP contribution in [0.15, 0.2) is 0 Å². The molecule has 2 heteroatoms. The third-order valence-electron chi connectivity index (χ3n) is 5.48. The maximum Gasteiger partial charge on any atom is 0.00388 e. The summed E-state index contributed by atoms with van der Waals surface area (Å²) in [6.07, 6.45) is 5.61. The molecule has 18 heavy (non-hydrogen) atoms. The van der Waals surface area contributed by atoms with Gasteiger partial charge in [-0.25, -0.2) is 0 Å². The smallest absolute Gasteiger partial charge is 0.00388 e. The van der Waals surface area contributed by atoms with E-state index in [4.69, 9.17) is 0 Å². The number of fused-ring (bicyclic) bond motifs is 2. The molecule has 0 aromatic carbocycles. The zero-order valence-electron chi connectivity index (χ0n) is 12.8. The minimum Gasteiger partial charge on any atom is -0.316 e. The number of nitrogens with zero attached hydrogens (tertiary/aromatic N) is 1. The van der Waals surface area contributed by atoms with E-state index < -0.39 is 0 Å². The molecule has 0 spiro atoms. The van der Waals surface area contributed by atoms with E-state index in [0.717, 1.165) is 11.8 Å². The Bertz CT molecular complexity index is 240. The Labute approximate surface area is 114 Å². The van der Waals surface area contributed by atoms with Gasteiger partial charge < -0.3 is 10.2 Å². The van der Waals surface area contributed by atoms with Crippen LogP contribution in [0.4, 0.5) is 0 Å². The quantitative estimate of drug-likeness (QED) is 0.809. The van der Waals surface area contributed by atoms with Gasteiger partial charge in [0.25, 0.3) is 0 Å². The van der Waals surface area contributed by atoms with E-state index in [2.05, 4.69) is 37.9 Å². The van der Waals surface area contributed by atoms with Crippen LogP contribution in [-0.4, -0.2) is 37.1 Å². The summed E-state index contributed by atoms with van der Waals surface area (Å²) in [4.78, 5) is 2.72. The number of rotatable bonds is 5. The minimum atomic E-state index is 0.653. The van der Waals surface area contributed by atoms with Crippen LogP contribution in [0.2, 0.25) is 0 Å². The summed E-state index contributed by atoms with van der Waals surface area (Å²) in [6, 6.07) is 0.717. The molecule has 2 fully saturated rings. The van der Waals surface area contributed by atoms with E-state index in [0.29, 0.717) is 11.5 Å². The van der Waals surface area contributed by atoms with Crippen molar-refractivity contribution in [3.05, 3.63) is 0 Å². The molecular formula is C16H32N2. The predicted octanol–water partition coefficient (Wildman–Crippen LogP) is 3.13. The molecule has 106 valence electrons. The van der Waals surface area contributed by atoms with Crippen LogP contribution in [0.5, 0.6) is 0 Å². The van der Waals surface area contributed by atoms with Crippen molar-refractivity contribution in [1.29, 1.82) is 0 Å². The highest BCUT2D eigenvalue weighted by Gasteiger charge is 2.50. The minimum absolute atomic E-state index is 0.653. The van der Waals surface area contributed by atoms with E-state index in [-0.39, 0.29) is 0 Å². The molecule has 0 aromatic heterocycles. The summed E-state index contributed by atoms with van der Waals surface area (Å²) >= 11 is 0. The first-order valence-electron chi connectivity index (χ1n) is 8.08. The number of nitrogens with one attached hydrogen (secondary N) is 1. The first-order chi connectivity index (χ1) is 8.64. The lowest BCUT2D eigenvalue weighted by Crippen LogP contribution is -2.63. The van der Waals surface area contributed by atoms with E-state index in [1.54, 1.807) is 0 Å². The Morgan fingerprint density at radius 3 is 1.94 bits per heavy atom. The van der Waals surface area contributed by atoms with Crippen LogP contribution < -0.4 is 5.32 Å². The lowest BCUT2D eigenvalue weighted by Gasteiger charge is -2.57. The third-order valence-corrected chi connectivity index (χ3v) is 5.48. The molecule has 0 saturated carbocycles. The van der Waals surface area contributed by atoms with Crippen molar-refractivity contribution >= 4 is 0 Å². The first-order valence-corrected chi connectivity index (χ1v) is 8.08. The van der Waals surface area contributed by atoms with E-state index in [1.165, 1.54) is 51.9 Å². The van der Waals surface area contributed by atoms with Crippen LogP contribution in [0, 0.1) is 17.3 Å². The second-order valence-corrected chi connectivity index (χ2v) is 6.83. The molecule has 2 heterocycles. The zero-order chi connectivity index (χ0) is 13.2. The zero-order valence-corrected chi connectivity index (χ0v) is 12.8. The molecule has 0 amide bonds. The van der Waals surface area contributed by atoms with Crippen LogP contribution in [0.25, 0.3) is 0 Å². The fourth-order valence-corrected chi connectivity index (χ4v) is 4.60. The van der Waals surface area contributed by atoms with Crippen LogP contribution in [0.3, 0.4) is 0 Å². The molecule has 1 N–H and O–H groups in total. The van der Waals surface area contributed by atoms with Gasteiger partial charge in [-0.3, -0.25) is 0 Å². The summed E-state index contributed by atoms with van der Waals surface area (Å²) < 4.78 is 0. The Morgan fingerprint density at radius 1 is 1.06 bits per heavy atom. The van der Waals surface area contributed by atoms with E-state index in [1.807, 2.05) is 0 Å². The molecule has 2 nitrogen and oxygen atoms in total. The summed E-state index contributed by atoms with van der Waals surface area (Å²) in [5, 5.41) is 3.69. The fourth-order valence-electron chi connectivity index (χ4n) is 4.60. The van der Waals surface area contributed by atoms with Crippen molar-refractivity contribution in [2.24, 2.45) is 17.3 Å². The SMILES string of the molecule is CCCC1(CCC)C2CNCC1CN(C(C)C)C2. The molecule has 2 bridgehead atoms. The average Bonchev–Trinajstić information content (AvgIpc) is 2.28. The standard InChI is InChI=1S/C16H32N2/c1-5-7-16(8-6-2)14-9-17-10-15(16)12-18(11-14)13(3)4/h13-15,17H,5-12H2,1-4H3. The second kappa shape index (κ2) is 5.92. The summed E-state index contributed by atoms with van der Waals surface area (Å²) in [5.41, 5.74) is 0.653. The van der Waals surface area contributed by atoms with Gasteiger partial charge in [0.1, 0.15) is 0 Å². The highest BCUT2D eigenvalue weighted by molar-refractivity contribution is 5.02. The summed E-state index contributed by atoms with van der Waals surface area (Å²) in [6.45, 7) is 14.6. The number of hydrogen-bond donors (Lipinski definition) is 1. The molecule has 0 aromatic rings. The van der Waals surface area contributed by atoms with Crippen LogP contribution in [0.1, 0.15) is 53.4 Å². The van der Waals surface area contributed by atoms with Crippen molar-refractivity contribution in [2.45, 2.75) is 59.4 Å². The monoisotopic (exact) mass is 252 g/mol. The van der Waals surface area contributed by atoms with E-state index >= 15 is 0 Å². The van der Waals surface area contributed by atoms with Crippen LogP contribution in [-0.2, 0) is 0 Å². The lowest BCUT2D eigenvalue weighted by atomic mass is 9.57. The topological polar surface area (TPSA) is 15.3 Å². The van der Waals surface area contributed by atoms with Gasteiger partial charge >= 0.3 is 0 Å². The predicted molar refractivity (Wildman–Crippen MR) is 78.8 cm³/mol. The van der Waals surface area contributed by atoms with Gasteiger partial charge in [-0.05, 0) is 57.0 Å². The van der Waals surface area contributed by atoms with Crippen molar-refractivity contribution in [2.75, 3.05) is 26.2 Å². The lowest BCUT2D eigenvalue weighted by molar-refractivity contribution is -0.0707. The number of likely N-dealkylation sites (tertiary alicyclic amines) is 1. The Hall–Kier alpha value is -0.0800. The Kier molecular flexibility index (Phi) is 4.71. The molecule has 2 unspecified atom stereocenters. The average molecular weight is 252 g/mol. The van der Waals surface area contributed by atoms with E-state index in [9.17, 15) is 0 Å². The van der Waals surface area contributed by atoms with Gasteiger partial charge in [0.2, 0.25) is 0 Å². The number of hydrogen-bond acceptors (Lipinski definition) is 2. The Morgan fingerprint density at radius 2 is 1.56 bits per heavy atom. The van der Waals surface area contributed by atoms with Crippen molar-refractivity contribution < 1.29 is 0 Å². The molecule has 2 saturated heterocycles. The van der Waals surface area contributed by atoms with Crippen LogP contribution >= 0.6 is 0 Å². The normalized spacial score (nSPS) is 31.8. The molecule has 2 aliphatic rings. The maximum atomic E-state index is 3.69. The number of piperidine rings is 2. The van der Waals surface area contributed by atoms with Gasteiger partial charge in [0.15, 0.2) is 0 Å². The van der Waals surface area contributed by atoms with Gasteiger partial charge in [0, 0.05) is 19.1 Å². The molecule has 0 aliphatic carbocycles. The largest absolute Gasteiger partial charge is 0.316 e. The highest BCUT2D eigenvalue weighted by atomic mass is 15.2. The molecule has 2 aliphatic heterocycles. The molecule has 2 atom stereocenters. The summed E-state index contributed by atoms with van der Waals surface area (Å²) in [7, 11) is 0. The summed E-state index contributed by atoms with van der Waals surface area (Å²) in [5.74, 6) is 1.76. The fraction of sp³-hybridized carbons (Fsp3) is 1.00. The van der Waals surface area contributed by atoms with Gasteiger partial charge in [0.05, 0.1) is 0 Å². The second-order valence-electron chi connectivity index (χ2n) is 6.83. The maximum absolute atomic E-state index is 3.69. The van der Waals surface area contributed by atoms with Gasteiger partial charge in [-0.1, -0.05) is 26.7 Å². The molecule has 2 rings (SSSR count). The third kappa shape index (κ3) is 2.46. The van der Waals surface area contributed by atoms with Crippen molar-refractivity contribution in [3.8, 4) is 0 Å².